The Labute approximate surface area is 133 Å². The highest BCUT2D eigenvalue weighted by molar-refractivity contribution is 7.20. The fourth-order valence-corrected chi connectivity index (χ4v) is 0.580. The summed E-state index contributed by atoms with van der Waals surface area (Å²) in [5.41, 5.74) is 0. The molecule has 0 aliphatic carbocycles. The fourth-order valence-electron chi connectivity index (χ4n) is 0.580. The molecule has 0 aromatic heterocycles. The van der Waals surface area contributed by atoms with Gasteiger partial charge in [0.05, 0.1) is 6.61 Å². The Morgan fingerprint density at radius 2 is 1.57 bits per heavy atom. The van der Waals surface area contributed by atoms with Crippen molar-refractivity contribution in [3.8, 4) is 0 Å². The van der Waals surface area contributed by atoms with Gasteiger partial charge in [-0.2, -0.15) is 11.1 Å². The molecule has 1 N–H and O–H groups in total. The second-order valence-electron chi connectivity index (χ2n) is 6.23. The van der Waals surface area contributed by atoms with Crippen molar-refractivity contribution in [3.05, 3.63) is 0 Å². The highest BCUT2D eigenvalue weighted by Gasteiger charge is 2.32. The van der Waals surface area contributed by atoms with Gasteiger partial charge in [-0.25, -0.2) is 9.59 Å². The van der Waals surface area contributed by atoms with Crippen LogP contribution in [-0.2, 0) is 19.1 Å². The summed E-state index contributed by atoms with van der Waals surface area (Å²) in [5, 5.41) is 9.10. The van der Waals surface area contributed by atoms with Crippen LogP contribution in [0.25, 0.3) is 0 Å². The Morgan fingerprint density at radius 1 is 1.19 bits per heavy atom. The van der Waals surface area contributed by atoms with E-state index in [-0.39, 0.29) is 6.61 Å². The molecule has 5 nitrogen and oxygen atoms in total. The highest BCUT2D eigenvalue weighted by atomic mass is 35.6. The maximum absolute atomic E-state index is 10.9. The van der Waals surface area contributed by atoms with E-state index in [1.807, 2.05) is 0 Å². The summed E-state index contributed by atoms with van der Waals surface area (Å²) in [6, 6.07) is 0. The zero-order chi connectivity index (χ0) is 17.4. The van der Waals surface area contributed by atoms with E-state index in [9.17, 15) is 9.59 Å². The normalized spacial score (nSPS) is 14.4. The minimum Gasteiger partial charge on any atom is -0.463 e. The van der Waals surface area contributed by atoms with Gasteiger partial charge in [0.2, 0.25) is 0 Å². The summed E-state index contributed by atoms with van der Waals surface area (Å²) in [7, 11) is -1.39. The van der Waals surface area contributed by atoms with Crippen molar-refractivity contribution < 1.29 is 24.2 Å². The summed E-state index contributed by atoms with van der Waals surface area (Å²) >= 11 is 6.15. The number of carbonyl (C=O) groups excluding carboxylic acids is 2. The molecule has 0 aromatic carbocycles. The second-order valence-corrected chi connectivity index (χ2v) is 13.5. The molecule has 0 saturated heterocycles. The van der Waals surface area contributed by atoms with Gasteiger partial charge < -0.3 is 14.6 Å². The molecule has 0 rings (SSSR count). The number of hydrogen-bond donors (Lipinski definition) is 1. The predicted molar refractivity (Wildman–Crippen MR) is 86.9 cm³/mol. The third kappa shape index (κ3) is 10.7. The molecule has 0 heterocycles. The molecule has 21 heavy (non-hydrogen) atoms. The van der Waals surface area contributed by atoms with Crippen LogP contribution in [0.4, 0.5) is 0 Å². The number of halogens is 1. The molecule has 0 unspecified atom stereocenters. The lowest BCUT2D eigenvalue weighted by Crippen LogP contribution is -2.30. The quantitative estimate of drug-likeness (QED) is 0.483. The summed E-state index contributed by atoms with van der Waals surface area (Å²) in [5.74, 6) is -1.45. The minimum atomic E-state index is -1.39. The Balaban J connectivity index is 0. The van der Waals surface area contributed by atoms with E-state index >= 15 is 0 Å². The van der Waals surface area contributed by atoms with E-state index in [2.05, 4.69) is 43.3 Å². The monoisotopic (exact) mass is 340 g/mol. The minimum absolute atomic E-state index is 0.232. The fraction of sp³-hybridized carbons (Fsp3) is 0.857. The number of hydrogen-bond acceptors (Lipinski definition) is 5. The molecule has 7 heteroatoms. The van der Waals surface area contributed by atoms with Crippen LogP contribution in [0.15, 0.2) is 0 Å². The predicted octanol–water partition coefficient (Wildman–Crippen LogP) is 3.09. The number of ether oxygens (including phenoxy) is 2. The molecule has 0 aromatic rings. The maximum atomic E-state index is 10.9. The van der Waals surface area contributed by atoms with Crippen LogP contribution in [0.1, 0.15) is 41.5 Å². The number of aliphatic hydroxyl groups is 1. The summed E-state index contributed by atoms with van der Waals surface area (Å²) in [6.07, 6.45) is -2.20. The van der Waals surface area contributed by atoms with Gasteiger partial charge in [-0.05, 0) is 25.8 Å². The Hall–Kier alpha value is -0.593. The van der Waals surface area contributed by atoms with E-state index in [0.29, 0.717) is 5.04 Å². The lowest BCUT2D eigenvalue weighted by Gasteiger charge is -2.29. The molecule has 0 fully saturated rings. The average Bonchev–Trinajstić information content (AvgIpc) is 2.27. The number of rotatable bonds is 4. The van der Waals surface area contributed by atoms with Gasteiger partial charge in [-0.15, -0.1) is 0 Å². The Bertz CT molecular complexity index is 319. The second kappa shape index (κ2) is 9.43. The zero-order valence-electron chi connectivity index (χ0n) is 14.3. The molecule has 0 aliphatic rings. The van der Waals surface area contributed by atoms with Gasteiger partial charge in [0.15, 0.2) is 13.5 Å². The van der Waals surface area contributed by atoms with Gasteiger partial charge in [-0.1, -0.05) is 33.9 Å². The van der Waals surface area contributed by atoms with Crippen LogP contribution < -0.4 is 0 Å². The van der Waals surface area contributed by atoms with Gasteiger partial charge >= 0.3 is 11.9 Å². The third-order valence-corrected chi connectivity index (χ3v) is 8.30. The van der Waals surface area contributed by atoms with Gasteiger partial charge in [0.1, 0.15) is 6.10 Å². The highest BCUT2D eigenvalue weighted by Crippen LogP contribution is 2.38. The molecule has 0 radical (unpaired) electrons. The molecule has 0 spiro atoms. The average molecular weight is 341 g/mol. The van der Waals surface area contributed by atoms with Crippen LogP contribution in [0.3, 0.4) is 0 Å². The van der Waals surface area contributed by atoms with Gasteiger partial charge in [0, 0.05) is 0 Å². The number of carbonyl (C=O) groups is 2. The molecule has 0 amide bonds. The zero-order valence-corrected chi connectivity index (χ0v) is 16.1. The number of aliphatic hydroxyl groups excluding tert-OH is 1. The van der Waals surface area contributed by atoms with Gasteiger partial charge in [0.25, 0.3) is 0 Å². The topological polar surface area (TPSA) is 72.8 Å². The van der Waals surface area contributed by atoms with Crippen LogP contribution in [0.2, 0.25) is 18.1 Å². The van der Waals surface area contributed by atoms with Crippen molar-refractivity contribution >= 4 is 30.4 Å². The SMILES string of the molecule is CC(C)(C)[Si](C)(C)Cl.CCOC(=O)[C@H](C)OC(=O)[C@H](C)O. The van der Waals surface area contributed by atoms with Crippen molar-refractivity contribution in [2.75, 3.05) is 6.61 Å². The summed E-state index contributed by atoms with van der Waals surface area (Å²) in [6.45, 7) is 15.5. The molecular weight excluding hydrogens is 312 g/mol. The smallest absolute Gasteiger partial charge is 0.347 e. The molecule has 0 bridgehead atoms. The van der Waals surface area contributed by atoms with Crippen molar-refractivity contribution in [2.45, 2.75) is 71.9 Å². The maximum Gasteiger partial charge on any atom is 0.347 e. The lowest BCUT2D eigenvalue weighted by molar-refractivity contribution is -0.171. The standard InChI is InChI=1S/C8H14O5.C6H15ClSi/c1-4-12-8(11)6(3)13-7(10)5(2)9;1-6(2,3)8(4,5)7/h5-6,9H,4H2,1-3H3;1-5H3/t5-,6-;/m0./s1. The first-order valence-electron chi connectivity index (χ1n) is 6.98. The first kappa shape index (κ1) is 22.7. The summed E-state index contributed by atoms with van der Waals surface area (Å²) < 4.78 is 9.15. The van der Waals surface area contributed by atoms with Crippen LogP contribution >= 0.6 is 11.1 Å². The Morgan fingerprint density at radius 3 is 1.81 bits per heavy atom. The van der Waals surface area contributed by atoms with Crippen LogP contribution in [0.5, 0.6) is 0 Å². The third-order valence-electron chi connectivity index (χ3n) is 3.04. The first-order valence-corrected chi connectivity index (χ1v) is 11.0. The van der Waals surface area contributed by atoms with Crippen molar-refractivity contribution in [2.24, 2.45) is 0 Å². The number of esters is 2. The lowest BCUT2D eigenvalue weighted by atomic mass is 10.2. The van der Waals surface area contributed by atoms with Crippen molar-refractivity contribution in [1.82, 2.24) is 0 Å². The Kier molecular flexibility index (Phi) is 10.2. The van der Waals surface area contributed by atoms with E-state index < -0.39 is 31.5 Å². The van der Waals surface area contributed by atoms with Crippen molar-refractivity contribution in [3.63, 3.8) is 0 Å². The largest absolute Gasteiger partial charge is 0.463 e. The first-order chi connectivity index (χ1) is 9.24. The molecule has 0 aliphatic heterocycles. The van der Waals surface area contributed by atoms with E-state index in [4.69, 9.17) is 16.2 Å². The van der Waals surface area contributed by atoms with E-state index in [1.54, 1.807) is 6.92 Å². The molecule has 0 saturated carbocycles. The molecule has 126 valence electrons. The molecular formula is C14H29ClO5Si. The van der Waals surface area contributed by atoms with Crippen LogP contribution in [-0.4, -0.2) is 43.2 Å². The van der Waals surface area contributed by atoms with Gasteiger partial charge in [-0.3, -0.25) is 0 Å². The van der Waals surface area contributed by atoms with E-state index in [0.717, 1.165) is 0 Å². The molecule has 2 atom stereocenters. The summed E-state index contributed by atoms with van der Waals surface area (Å²) in [4.78, 5) is 21.7. The van der Waals surface area contributed by atoms with Crippen LogP contribution in [0, 0.1) is 0 Å². The van der Waals surface area contributed by atoms with Crippen molar-refractivity contribution in [1.29, 1.82) is 0 Å². The van der Waals surface area contributed by atoms with E-state index in [1.165, 1.54) is 13.8 Å².